The number of amides is 1. The third-order valence-electron chi connectivity index (χ3n) is 6.23. The van der Waals surface area contributed by atoms with Crippen molar-refractivity contribution in [2.45, 2.75) is 71.9 Å². The molecular formula is C23H35N5O. The molecule has 0 aliphatic carbocycles. The Balaban J connectivity index is 1.75. The van der Waals surface area contributed by atoms with E-state index in [1.54, 1.807) is 0 Å². The van der Waals surface area contributed by atoms with E-state index in [2.05, 4.69) is 72.9 Å². The van der Waals surface area contributed by atoms with Crippen LogP contribution in [0.4, 0.5) is 0 Å². The minimum atomic E-state index is -0.146. The molecule has 0 saturated carbocycles. The Hall–Kier alpha value is -2.21. The fourth-order valence-corrected chi connectivity index (χ4v) is 4.06. The summed E-state index contributed by atoms with van der Waals surface area (Å²) in [5.41, 5.74) is 3.75. The predicted octanol–water partition coefficient (Wildman–Crippen LogP) is 4.15. The molecule has 1 aliphatic heterocycles. The van der Waals surface area contributed by atoms with Crippen molar-refractivity contribution in [1.29, 1.82) is 0 Å². The Bertz CT molecular complexity index is 805. The van der Waals surface area contributed by atoms with E-state index in [0.29, 0.717) is 17.7 Å². The molecule has 1 saturated heterocycles. The van der Waals surface area contributed by atoms with Crippen molar-refractivity contribution in [3.05, 3.63) is 46.8 Å². The predicted molar refractivity (Wildman–Crippen MR) is 116 cm³/mol. The number of hydrogen-bond donors (Lipinski definition) is 2. The van der Waals surface area contributed by atoms with E-state index in [-0.39, 0.29) is 17.9 Å². The first-order valence-electron chi connectivity index (χ1n) is 11.0. The molecular weight excluding hydrogens is 362 g/mol. The number of carbonyl (C=O) groups is 1. The van der Waals surface area contributed by atoms with Gasteiger partial charge in [0, 0.05) is 0 Å². The Morgan fingerprint density at radius 1 is 1.17 bits per heavy atom. The highest BCUT2D eigenvalue weighted by Crippen LogP contribution is 2.26. The average molecular weight is 398 g/mol. The summed E-state index contributed by atoms with van der Waals surface area (Å²) < 4.78 is 1.93. The van der Waals surface area contributed by atoms with Gasteiger partial charge in [0.15, 0.2) is 5.69 Å². The molecule has 1 fully saturated rings. The molecule has 6 nitrogen and oxygen atoms in total. The Labute approximate surface area is 174 Å². The van der Waals surface area contributed by atoms with Crippen LogP contribution in [0.25, 0.3) is 0 Å². The van der Waals surface area contributed by atoms with Crippen LogP contribution in [0.3, 0.4) is 0 Å². The Kier molecular flexibility index (Phi) is 7.06. The molecule has 6 heteroatoms. The lowest BCUT2D eigenvalue weighted by Crippen LogP contribution is -2.33. The Morgan fingerprint density at radius 3 is 2.38 bits per heavy atom. The van der Waals surface area contributed by atoms with Crippen LogP contribution < -0.4 is 10.6 Å². The molecule has 0 spiro atoms. The highest BCUT2D eigenvalue weighted by molar-refractivity contribution is 5.93. The van der Waals surface area contributed by atoms with Crippen molar-refractivity contribution in [2.24, 2.45) is 5.92 Å². The van der Waals surface area contributed by atoms with Crippen LogP contribution >= 0.6 is 0 Å². The van der Waals surface area contributed by atoms with E-state index in [1.165, 1.54) is 5.56 Å². The Morgan fingerprint density at radius 2 is 1.79 bits per heavy atom. The van der Waals surface area contributed by atoms with Gasteiger partial charge in [-0.25, -0.2) is 4.68 Å². The first-order valence-corrected chi connectivity index (χ1v) is 11.0. The highest BCUT2D eigenvalue weighted by Gasteiger charge is 2.26. The summed E-state index contributed by atoms with van der Waals surface area (Å²) in [5, 5.41) is 15.1. The SMILES string of the molecule is CCC(C)c1ccc(C(NC(=O)c2nnn(C3CCNCC3)c2C)C(C)C)cc1. The summed E-state index contributed by atoms with van der Waals surface area (Å²) in [4.78, 5) is 13.0. The molecule has 2 atom stereocenters. The van der Waals surface area contributed by atoms with Gasteiger partial charge in [-0.15, -0.1) is 5.10 Å². The van der Waals surface area contributed by atoms with E-state index in [4.69, 9.17) is 0 Å². The van der Waals surface area contributed by atoms with Gasteiger partial charge in [-0.1, -0.05) is 57.2 Å². The standard InChI is InChI=1S/C23H35N5O/c1-6-16(4)18-7-9-19(10-8-18)21(15(2)3)25-23(29)22-17(5)28(27-26-22)20-11-13-24-14-12-20/h7-10,15-16,20-21,24H,6,11-14H2,1-5H3,(H,25,29). The molecule has 3 rings (SSSR count). The molecule has 1 aromatic carbocycles. The quantitative estimate of drug-likeness (QED) is 0.736. The molecule has 1 aromatic heterocycles. The third-order valence-corrected chi connectivity index (χ3v) is 6.23. The zero-order valence-corrected chi connectivity index (χ0v) is 18.4. The second-order valence-electron chi connectivity index (χ2n) is 8.62. The van der Waals surface area contributed by atoms with Crippen molar-refractivity contribution >= 4 is 5.91 Å². The first kappa shape index (κ1) is 21.5. The molecule has 158 valence electrons. The van der Waals surface area contributed by atoms with Crippen molar-refractivity contribution in [3.8, 4) is 0 Å². The molecule has 2 heterocycles. The number of hydrogen-bond acceptors (Lipinski definition) is 4. The van der Waals surface area contributed by atoms with Gasteiger partial charge in [-0.2, -0.15) is 0 Å². The van der Waals surface area contributed by atoms with Crippen LogP contribution in [0.1, 0.15) is 92.3 Å². The van der Waals surface area contributed by atoms with Gasteiger partial charge in [0.1, 0.15) is 0 Å². The van der Waals surface area contributed by atoms with E-state index in [9.17, 15) is 4.79 Å². The number of aromatic nitrogens is 3. The van der Waals surface area contributed by atoms with Gasteiger partial charge in [-0.05, 0) is 62.2 Å². The maximum absolute atomic E-state index is 13.0. The number of carbonyl (C=O) groups excluding carboxylic acids is 1. The van der Waals surface area contributed by atoms with Gasteiger partial charge in [0.05, 0.1) is 17.8 Å². The topological polar surface area (TPSA) is 71.8 Å². The molecule has 1 aliphatic rings. The number of piperidine rings is 1. The lowest BCUT2D eigenvalue weighted by molar-refractivity contribution is 0.0919. The number of benzene rings is 1. The summed E-state index contributed by atoms with van der Waals surface area (Å²) in [7, 11) is 0. The highest BCUT2D eigenvalue weighted by atomic mass is 16.2. The number of rotatable bonds is 7. The smallest absolute Gasteiger partial charge is 0.274 e. The van der Waals surface area contributed by atoms with Crippen LogP contribution in [-0.4, -0.2) is 34.0 Å². The van der Waals surface area contributed by atoms with Crippen molar-refractivity contribution in [1.82, 2.24) is 25.6 Å². The molecule has 0 radical (unpaired) electrons. The maximum atomic E-state index is 13.0. The maximum Gasteiger partial charge on any atom is 0.274 e. The summed E-state index contributed by atoms with van der Waals surface area (Å²) in [6.45, 7) is 12.6. The van der Waals surface area contributed by atoms with Crippen LogP contribution in [0, 0.1) is 12.8 Å². The molecule has 2 N–H and O–H groups in total. The zero-order valence-electron chi connectivity index (χ0n) is 18.4. The van der Waals surface area contributed by atoms with Gasteiger partial charge >= 0.3 is 0 Å². The average Bonchev–Trinajstić information content (AvgIpc) is 3.13. The van der Waals surface area contributed by atoms with Gasteiger partial charge in [0.2, 0.25) is 0 Å². The summed E-state index contributed by atoms with van der Waals surface area (Å²) >= 11 is 0. The van der Waals surface area contributed by atoms with Crippen LogP contribution in [0.5, 0.6) is 0 Å². The summed E-state index contributed by atoms with van der Waals surface area (Å²) in [5.74, 6) is 0.671. The van der Waals surface area contributed by atoms with Crippen LogP contribution in [0.15, 0.2) is 24.3 Å². The largest absolute Gasteiger partial charge is 0.344 e. The number of nitrogens with one attached hydrogen (secondary N) is 2. The molecule has 2 aromatic rings. The summed E-state index contributed by atoms with van der Waals surface area (Å²) in [6.07, 6.45) is 3.15. The zero-order chi connectivity index (χ0) is 21.0. The van der Waals surface area contributed by atoms with Crippen molar-refractivity contribution < 1.29 is 4.79 Å². The van der Waals surface area contributed by atoms with Crippen LogP contribution in [-0.2, 0) is 0 Å². The van der Waals surface area contributed by atoms with E-state index in [0.717, 1.165) is 43.6 Å². The van der Waals surface area contributed by atoms with E-state index in [1.807, 2.05) is 11.6 Å². The van der Waals surface area contributed by atoms with Gasteiger partial charge in [-0.3, -0.25) is 4.79 Å². The van der Waals surface area contributed by atoms with Crippen molar-refractivity contribution in [2.75, 3.05) is 13.1 Å². The second kappa shape index (κ2) is 9.53. The van der Waals surface area contributed by atoms with Gasteiger partial charge in [0.25, 0.3) is 5.91 Å². The van der Waals surface area contributed by atoms with E-state index >= 15 is 0 Å². The van der Waals surface area contributed by atoms with Crippen molar-refractivity contribution in [3.63, 3.8) is 0 Å². The molecule has 0 bridgehead atoms. The monoisotopic (exact) mass is 397 g/mol. The van der Waals surface area contributed by atoms with Gasteiger partial charge < -0.3 is 10.6 Å². The minimum Gasteiger partial charge on any atom is -0.344 e. The third kappa shape index (κ3) is 4.86. The molecule has 29 heavy (non-hydrogen) atoms. The fraction of sp³-hybridized carbons (Fsp3) is 0.609. The normalized spacial score (nSPS) is 17.3. The number of nitrogens with zero attached hydrogens (tertiary/aromatic N) is 3. The first-order chi connectivity index (χ1) is 13.9. The minimum absolute atomic E-state index is 0.0584. The molecule has 1 amide bonds. The van der Waals surface area contributed by atoms with Crippen LogP contribution in [0.2, 0.25) is 0 Å². The fourth-order valence-electron chi connectivity index (χ4n) is 4.06. The lowest BCUT2D eigenvalue weighted by Gasteiger charge is -2.24. The molecule has 2 unspecified atom stereocenters. The van der Waals surface area contributed by atoms with E-state index < -0.39 is 0 Å². The lowest BCUT2D eigenvalue weighted by atomic mass is 9.92. The second-order valence-corrected chi connectivity index (χ2v) is 8.62. The summed E-state index contributed by atoms with van der Waals surface area (Å²) in [6, 6.07) is 8.92.